The van der Waals surface area contributed by atoms with E-state index in [0.29, 0.717) is 11.7 Å². The maximum Gasteiger partial charge on any atom is 0.156 e. The van der Waals surface area contributed by atoms with Gasteiger partial charge in [-0.2, -0.15) is 5.26 Å². The van der Waals surface area contributed by atoms with E-state index in [1.807, 2.05) is 4.57 Å². The molecule has 0 aliphatic heterocycles. The van der Waals surface area contributed by atoms with E-state index in [0.717, 1.165) is 18.5 Å². The molecule has 1 atom stereocenters. The summed E-state index contributed by atoms with van der Waals surface area (Å²) >= 11 is 0. The second-order valence-corrected chi connectivity index (χ2v) is 4.64. The van der Waals surface area contributed by atoms with Gasteiger partial charge in [0.05, 0.1) is 30.0 Å². The molecule has 1 saturated carbocycles. The minimum Gasteiger partial charge on any atom is -0.363 e. The molecule has 1 heterocycles. The van der Waals surface area contributed by atoms with Crippen LogP contribution in [0.25, 0.3) is 0 Å². The SMILES string of the molecule is N#CC(Nc1ccccc1F)c1cncn1C1CC1. The van der Waals surface area contributed by atoms with Gasteiger partial charge in [0.15, 0.2) is 6.04 Å². The molecule has 3 rings (SSSR count). The highest BCUT2D eigenvalue weighted by Gasteiger charge is 2.28. The van der Waals surface area contributed by atoms with Crippen LogP contribution in [0.2, 0.25) is 0 Å². The number of benzene rings is 1. The number of rotatable bonds is 4. The third kappa shape index (κ3) is 2.29. The van der Waals surface area contributed by atoms with Crippen molar-refractivity contribution >= 4 is 5.69 Å². The molecule has 1 aliphatic carbocycles. The molecule has 0 spiro atoms. The van der Waals surface area contributed by atoms with Crippen LogP contribution in [0.4, 0.5) is 10.1 Å². The smallest absolute Gasteiger partial charge is 0.156 e. The van der Waals surface area contributed by atoms with Gasteiger partial charge in [-0.05, 0) is 25.0 Å². The Bertz CT molecular complexity index is 624. The van der Waals surface area contributed by atoms with Crippen LogP contribution in [-0.4, -0.2) is 9.55 Å². The summed E-state index contributed by atoms with van der Waals surface area (Å²) in [6, 6.07) is 8.36. The summed E-state index contributed by atoms with van der Waals surface area (Å²) in [4.78, 5) is 4.09. The third-order valence-electron chi connectivity index (χ3n) is 3.23. The van der Waals surface area contributed by atoms with Gasteiger partial charge in [0.2, 0.25) is 0 Å². The number of anilines is 1. The van der Waals surface area contributed by atoms with E-state index in [1.165, 1.54) is 6.07 Å². The Hall–Kier alpha value is -2.35. The van der Waals surface area contributed by atoms with Gasteiger partial charge in [-0.3, -0.25) is 0 Å². The van der Waals surface area contributed by atoms with Crippen molar-refractivity contribution in [2.24, 2.45) is 0 Å². The van der Waals surface area contributed by atoms with E-state index in [2.05, 4.69) is 16.4 Å². The van der Waals surface area contributed by atoms with E-state index in [4.69, 9.17) is 0 Å². The van der Waals surface area contributed by atoms with Crippen molar-refractivity contribution in [2.45, 2.75) is 24.9 Å². The summed E-state index contributed by atoms with van der Waals surface area (Å²) in [5.74, 6) is -0.361. The highest BCUT2D eigenvalue weighted by atomic mass is 19.1. The van der Waals surface area contributed by atoms with Crippen LogP contribution in [0.5, 0.6) is 0 Å². The highest BCUT2D eigenvalue weighted by molar-refractivity contribution is 5.47. The van der Waals surface area contributed by atoms with Crippen molar-refractivity contribution in [2.75, 3.05) is 5.32 Å². The number of aromatic nitrogens is 2. The Balaban J connectivity index is 1.87. The van der Waals surface area contributed by atoms with Crippen molar-refractivity contribution in [1.29, 1.82) is 5.26 Å². The Morgan fingerprint density at radius 2 is 2.21 bits per heavy atom. The second-order valence-electron chi connectivity index (χ2n) is 4.64. The van der Waals surface area contributed by atoms with E-state index in [9.17, 15) is 9.65 Å². The quantitative estimate of drug-likeness (QED) is 0.914. The zero-order chi connectivity index (χ0) is 13.2. The largest absolute Gasteiger partial charge is 0.363 e. The number of halogens is 1. The number of nitrogens with zero attached hydrogens (tertiary/aromatic N) is 3. The molecule has 0 bridgehead atoms. The zero-order valence-electron chi connectivity index (χ0n) is 10.3. The van der Waals surface area contributed by atoms with Crippen LogP contribution in [-0.2, 0) is 0 Å². The number of nitriles is 1. The van der Waals surface area contributed by atoms with E-state index in [-0.39, 0.29) is 5.82 Å². The fourth-order valence-corrected chi connectivity index (χ4v) is 2.10. The minimum absolute atomic E-state index is 0.331. The number of hydrogen-bond donors (Lipinski definition) is 1. The van der Waals surface area contributed by atoms with Crippen molar-refractivity contribution in [3.63, 3.8) is 0 Å². The summed E-state index contributed by atoms with van der Waals surface area (Å²) in [6.45, 7) is 0. The molecule has 4 nitrogen and oxygen atoms in total. The predicted molar refractivity (Wildman–Crippen MR) is 68.9 cm³/mol. The van der Waals surface area contributed by atoms with Gasteiger partial charge in [0.1, 0.15) is 5.82 Å². The van der Waals surface area contributed by atoms with E-state index < -0.39 is 6.04 Å². The molecule has 5 heteroatoms. The summed E-state index contributed by atoms with van der Waals surface area (Å²) in [5, 5.41) is 12.2. The lowest BCUT2D eigenvalue weighted by Gasteiger charge is -2.15. The molecule has 1 fully saturated rings. The maximum atomic E-state index is 13.6. The molecule has 1 aromatic carbocycles. The Kier molecular flexibility index (Phi) is 2.92. The normalized spacial score (nSPS) is 15.8. The average Bonchev–Trinajstić information content (AvgIpc) is 3.16. The van der Waals surface area contributed by atoms with Gasteiger partial charge in [-0.15, -0.1) is 0 Å². The standard InChI is InChI=1S/C14H13FN4/c15-11-3-1-2-4-12(11)18-13(7-16)14-8-17-9-19(14)10-5-6-10/h1-4,8-10,13,18H,5-6H2. The van der Waals surface area contributed by atoms with Crippen molar-refractivity contribution in [3.8, 4) is 6.07 Å². The number of hydrogen-bond acceptors (Lipinski definition) is 3. The van der Waals surface area contributed by atoms with Gasteiger partial charge >= 0.3 is 0 Å². The maximum absolute atomic E-state index is 13.6. The van der Waals surface area contributed by atoms with Crippen LogP contribution in [0.1, 0.15) is 30.6 Å². The van der Waals surface area contributed by atoms with Crippen LogP contribution >= 0.6 is 0 Å². The van der Waals surface area contributed by atoms with Crippen LogP contribution in [0.3, 0.4) is 0 Å². The molecule has 19 heavy (non-hydrogen) atoms. The van der Waals surface area contributed by atoms with Crippen molar-refractivity contribution in [1.82, 2.24) is 9.55 Å². The molecular formula is C14H13FN4. The van der Waals surface area contributed by atoms with Gasteiger partial charge in [-0.1, -0.05) is 12.1 Å². The first kappa shape index (κ1) is 11.7. The van der Waals surface area contributed by atoms with Crippen LogP contribution in [0, 0.1) is 17.1 Å². The topological polar surface area (TPSA) is 53.6 Å². The molecule has 1 N–H and O–H groups in total. The van der Waals surface area contributed by atoms with Crippen LogP contribution < -0.4 is 5.32 Å². The first-order valence-corrected chi connectivity index (χ1v) is 6.22. The van der Waals surface area contributed by atoms with Crippen LogP contribution in [0.15, 0.2) is 36.8 Å². The Morgan fingerprint density at radius 1 is 1.42 bits per heavy atom. The van der Waals surface area contributed by atoms with Crippen molar-refractivity contribution < 1.29 is 4.39 Å². The third-order valence-corrected chi connectivity index (χ3v) is 3.23. The van der Waals surface area contributed by atoms with Crippen molar-refractivity contribution in [3.05, 3.63) is 48.3 Å². The summed E-state index contributed by atoms with van der Waals surface area (Å²) in [5.41, 5.74) is 1.12. The molecule has 0 saturated heterocycles. The first-order chi connectivity index (χ1) is 9.29. The molecule has 2 aromatic rings. The van der Waals surface area contributed by atoms with Gasteiger partial charge in [0, 0.05) is 6.04 Å². The first-order valence-electron chi connectivity index (χ1n) is 6.22. The molecule has 0 radical (unpaired) electrons. The molecule has 96 valence electrons. The van der Waals surface area contributed by atoms with E-state index in [1.54, 1.807) is 30.7 Å². The number of nitrogens with one attached hydrogen (secondary N) is 1. The molecule has 1 aromatic heterocycles. The number of para-hydroxylation sites is 1. The Labute approximate surface area is 110 Å². The minimum atomic E-state index is -0.597. The van der Waals surface area contributed by atoms with Gasteiger partial charge < -0.3 is 9.88 Å². The lowest BCUT2D eigenvalue weighted by Crippen LogP contribution is -2.14. The predicted octanol–water partition coefficient (Wildman–Crippen LogP) is 3.03. The zero-order valence-corrected chi connectivity index (χ0v) is 10.3. The molecule has 1 aliphatic rings. The Morgan fingerprint density at radius 3 is 2.89 bits per heavy atom. The lowest BCUT2D eigenvalue weighted by molar-refractivity contribution is 0.626. The fraction of sp³-hybridized carbons (Fsp3) is 0.286. The number of imidazole rings is 1. The molecule has 0 amide bonds. The average molecular weight is 256 g/mol. The van der Waals surface area contributed by atoms with Gasteiger partial charge in [0.25, 0.3) is 0 Å². The monoisotopic (exact) mass is 256 g/mol. The fourth-order valence-electron chi connectivity index (χ4n) is 2.10. The summed E-state index contributed by atoms with van der Waals surface area (Å²) in [6.07, 6.45) is 5.63. The highest BCUT2D eigenvalue weighted by Crippen LogP contribution is 2.37. The van der Waals surface area contributed by atoms with E-state index >= 15 is 0 Å². The lowest BCUT2D eigenvalue weighted by atomic mass is 10.2. The molecule has 1 unspecified atom stereocenters. The van der Waals surface area contributed by atoms with Gasteiger partial charge in [-0.25, -0.2) is 9.37 Å². The summed E-state index contributed by atoms with van der Waals surface area (Å²) < 4.78 is 15.6. The second kappa shape index (κ2) is 4.73. The summed E-state index contributed by atoms with van der Waals surface area (Å²) in [7, 11) is 0. The molecular weight excluding hydrogens is 243 g/mol.